The second-order valence-corrected chi connectivity index (χ2v) is 7.31. The van der Waals surface area contributed by atoms with E-state index in [1.54, 1.807) is 0 Å². The van der Waals surface area contributed by atoms with Crippen molar-refractivity contribution in [1.82, 2.24) is 4.90 Å². The maximum Gasteiger partial charge on any atom is 0.220 e. The number of carbonyl (C=O) groups is 1. The van der Waals surface area contributed by atoms with E-state index in [1.165, 1.54) is 5.56 Å². The molecule has 1 aromatic carbocycles. The number of rotatable bonds is 4. The number of piperidine rings is 1. The van der Waals surface area contributed by atoms with E-state index in [0.717, 1.165) is 56.9 Å². The zero-order chi connectivity index (χ0) is 16.4. The number of nitrogens with zero attached hydrogens (tertiary/aromatic N) is 1. The number of anilines is 1. The second kappa shape index (κ2) is 6.40. The van der Waals surface area contributed by atoms with Crippen LogP contribution in [0.2, 0.25) is 0 Å². The van der Waals surface area contributed by atoms with Gasteiger partial charge in [-0.25, -0.2) is 0 Å². The van der Waals surface area contributed by atoms with Crippen LogP contribution in [0.5, 0.6) is 5.75 Å². The Labute approximate surface area is 138 Å². The molecule has 0 atom stereocenters. The molecule has 1 fully saturated rings. The molecule has 5 nitrogen and oxygen atoms in total. The summed E-state index contributed by atoms with van der Waals surface area (Å²) in [5.41, 5.74) is 7.64. The Balaban J connectivity index is 1.53. The fourth-order valence-electron chi connectivity index (χ4n) is 3.33. The molecule has 1 saturated heterocycles. The maximum atomic E-state index is 11.2. The summed E-state index contributed by atoms with van der Waals surface area (Å²) in [6.07, 6.45) is 2.80. The topological polar surface area (TPSA) is 67.6 Å². The number of fused-ring (bicyclic) bond motifs is 1. The number of hydrogen-bond acceptors (Lipinski definition) is 4. The standard InChI is InChI=1S/C18H27N3O2/c1-18(2)12-20-15-11-13(3-4-16(15)23-18)5-8-21-9-6-14(7-10-21)17(19)22/h3-4,11,14,20H,5-10,12H2,1-2H3,(H2,19,22). The normalized spacial score (nSPS) is 21.1. The van der Waals surface area contributed by atoms with Crippen LogP contribution in [0, 0.1) is 5.92 Å². The van der Waals surface area contributed by atoms with Gasteiger partial charge < -0.3 is 20.7 Å². The Hall–Kier alpha value is -1.75. The van der Waals surface area contributed by atoms with Crippen molar-refractivity contribution in [2.75, 3.05) is 31.5 Å². The molecule has 23 heavy (non-hydrogen) atoms. The van der Waals surface area contributed by atoms with E-state index >= 15 is 0 Å². The zero-order valence-corrected chi connectivity index (χ0v) is 14.1. The van der Waals surface area contributed by atoms with E-state index in [0.29, 0.717) is 0 Å². The molecule has 3 N–H and O–H groups in total. The van der Waals surface area contributed by atoms with Crippen molar-refractivity contribution in [2.45, 2.75) is 38.7 Å². The number of hydrogen-bond donors (Lipinski definition) is 2. The Morgan fingerprint density at radius 1 is 1.39 bits per heavy atom. The number of carbonyl (C=O) groups excluding carboxylic acids is 1. The minimum absolute atomic E-state index is 0.0692. The highest BCUT2D eigenvalue weighted by atomic mass is 16.5. The molecule has 5 heteroatoms. The highest BCUT2D eigenvalue weighted by Crippen LogP contribution is 2.33. The quantitative estimate of drug-likeness (QED) is 0.891. The number of primary amides is 1. The van der Waals surface area contributed by atoms with Gasteiger partial charge in [0.05, 0.1) is 12.2 Å². The molecular formula is C18H27N3O2. The summed E-state index contributed by atoms with van der Waals surface area (Å²) in [4.78, 5) is 13.6. The van der Waals surface area contributed by atoms with E-state index in [-0.39, 0.29) is 17.4 Å². The minimum atomic E-state index is -0.153. The summed E-state index contributed by atoms with van der Waals surface area (Å²) in [5.74, 6) is 0.861. The largest absolute Gasteiger partial charge is 0.484 e. The first kappa shape index (κ1) is 16.1. The molecule has 1 aromatic rings. The number of benzene rings is 1. The maximum absolute atomic E-state index is 11.2. The Kier molecular flexibility index (Phi) is 4.48. The van der Waals surface area contributed by atoms with Gasteiger partial charge in [0.15, 0.2) is 0 Å². The summed E-state index contributed by atoms with van der Waals surface area (Å²) < 4.78 is 5.99. The second-order valence-electron chi connectivity index (χ2n) is 7.31. The molecule has 0 bridgehead atoms. The summed E-state index contributed by atoms with van der Waals surface area (Å²) in [6, 6.07) is 6.41. The van der Waals surface area contributed by atoms with Crippen molar-refractivity contribution in [3.8, 4) is 5.75 Å². The third kappa shape index (κ3) is 3.96. The summed E-state index contributed by atoms with van der Waals surface area (Å²) in [7, 11) is 0. The van der Waals surface area contributed by atoms with Crippen LogP contribution in [0.4, 0.5) is 5.69 Å². The first-order chi connectivity index (χ1) is 10.9. The summed E-state index contributed by atoms with van der Waals surface area (Å²) in [5, 5.41) is 3.46. The molecule has 0 saturated carbocycles. The van der Waals surface area contributed by atoms with Crippen molar-refractivity contribution in [3.05, 3.63) is 23.8 Å². The van der Waals surface area contributed by atoms with E-state index in [9.17, 15) is 4.79 Å². The molecule has 3 rings (SSSR count). The van der Waals surface area contributed by atoms with Gasteiger partial charge >= 0.3 is 0 Å². The van der Waals surface area contributed by atoms with Gasteiger partial charge in [0.1, 0.15) is 11.4 Å². The third-order valence-electron chi connectivity index (χ3n) is 4.84. The van der Waals surface area contributed by atoms with Gasteiger partial charge in [-0.1, -0.05) is 6.07 Å². The molecule has 1 amide bonds. The highest BCUT2D eigenvalue weighted by Gasteiger charge is 2.26. The van der Waals surface area contributed by atoms with Crippen LogP contribution >= 0.6 is 0 Å². The molecule has 126 valence electrons. The first-order valence-electron chi connectivity index (χ1n) is 8.50. The third-order valence-corrected chi connectivity index (χ3v) is 4.84. The average Bonchev–Trinajstić information content (AvgIpc) is 2.52. The van der Waals surface area contributed by atoms with Crippen LogP contribution in [-0.2, 0) is 11.2 Å². The van der Waals surface area contributed by atoms with Crippen molar-refractivity contribution in [3.63, 3.8) is 0 Å². The molecule has 0 spiro atoms. The van der Waals surface area contributed by atoms with Crippen LogP contribution in [0.3, 0.4) is 0 Å². The predicted molar refractivity (Wildman–Crippen MR) is 91.7 cm³/mol. The fraction of sp³-hybridized carbons (Fsp3) is 0.611. The SMILES string of the molecule is CC1(C)CNc2cc(CCN3CCC(C(N)=O)CC3)ccc2O1. The Bertz CT molecular complexity index is 578. The van der Waals surface area contributed by atoms with Crippen molar-refractivity contribution in [2.24, 2.45) is 11.7 Å². The Morgan fingerprint density at radius 3 is 2.83 bits per heavy atom. The molecule has 0 unspecified atom stereocenters. The van der Waals surface area contributed by atoms with Gasteiger partial charge in [-0.05, 0) is 63.9 Å². The van der Waals surface area contributed by atoms with E-state index in [1.807, 2.05) is 0 Å². The van der Waals surface area contributed by atoms with E-state index in [4.69, 9.17) is 10.5 Å². The highest BCUT2D eigenvalue weighted by molar-refractivity contribution is 5.76. The number of likely N-dealkylation sites (tertiary alicyclic amines) is 1. The molecule has 2 aliphatic heterocycles. The van der Waals surface area contributed by atoms with Crippen molar-refractivity contribution in [1.29, 1.82) is 0 Å². The smallest absolute Gasteiger partial charge is 0.220 e. The number of nitrogens with two attached hydrogens (primary N) is 1. The Morgan fingerprint density at radius 2 is 2.13 bits per heavy atom. The fourth-order valence-corrected chi connectivity index (χ4v) is 3.33. The average molecular weight is 317 g/mol. The molecule has 0 aliphatic carbocycles. The van der Waals surface area contributed by atoms with Gasteiger partial charge in [-0.2, -0.15) is 0 Å². The van der Waals surface area contributed by atoms with Crippen molar-refractivity contribution >= 4 is 11.6 Å². The lowest BCUT2D eigenvalue weighted by atomic mass is 9.96. The van der Waals surface area contributed by atoms with E-state index in [2.05, 4.69) is 42.3 Å². The summed E-state index contributed by atoms with van der Waals surface area (Å²) >= 11 is 0. The molecular weight excluding hydrogens is 290 g/mol. The zero-order valence-electron chi connectivity index (χ0n) is 14.1. The van der Waals surface area contributed by atoms with Gasteiger partial charge in [-0.15, -0.1) is 0 Å². The minimum Gasteiger partial charge on any atom is -0.484 e. The number of amides is 1. The predicted octanol–water partition coefficient (Wildman–Crippen LogP) is 2.01. The molecule has 0 radical (unpaired) electrons. The van der Waals surface area contributed by atoms with Crippen LogP contribution in [0.15, 0.2) is 18.2 Å². The number of ether oxygens (including phenoxy) is 1. The van der Waals surface area contributed by atoms with Crippen molar-refractivity contribution < 1.29 is 9.53 Å². The number of nitrogens with one attached hydrogen (secondary N) is 1. The first-order valence-corrected chi connectivity index (χ1v) is 8.50. The van der Waals surface area contributed by atoms with Crippen LogP contribution in [0.1, 0.15) is 32.3 Å². The monoisotopic (exact) mass is 317 g/mol. The van der Waals surface area contributed by atoms with Gasteiger partial charge in [0, 0.05) is 12.5 Å². The van der Waals surface area contributed by atoms with Gasteiger partial charge in [-0.3, -0.25) is 4.79 Å². The van der Waals surface area contributed by atoms with Gasteiger partial charge in [0.2, 0.25) is 5.91 Å². The lowest BCUT2D eigenvalue weighted by Gasteiger charge is -2.34. The molecule has 2 heterocycles. The van der Waals surface area contributed by atoms with Gasteiger partial charge in [0.25, 0.3) is 0 Å². The lowest BCUT2D eigenvalue weighted by molar-refractivity contribution is -0.123. The van der Waals surface area contributed by atoms with Crippen LogP contribution in [-0.4, -0.2) is 42.6 Å². The molecule has 0 aromatic heterocycles. The van der Waals surface area contributed by atoms with Crippen LogP contribution < -0.4 is 15.8 Å². The lowest BCUT2D eigenvalue weighted by Crippen LogP contribution is -2.40. The van der Waals surface area contributed by atoms with Crippen LogP contribution in [0.25, 0.3) is 0 Å². The van der Waals surface area contributed by atoms with E-state index < -0.39 is 0 Å². The molecule has 2 aliphatic rings. The summed E-state index contributed by atoms with van der Waals surface area (Å²) in [6.45, 7) is 7.96.